The minimum absolute atomic E-state index is 0.0125. The van der Waals surface area contributed by atoms with Gasteiger partial charge in [0, 0.05) is 81.2 Å². The summed E-state index contributed by atoms with van der Waals surface area (Å²) in [4.78, 5) is 77.4. The predicted molar refractivity (Wildman–Crippen MR) is 304 cm³/mol. The summed E-state index contributed by atoms with van der Waals surface area (Å²) in [5.74, 6) is -9.20. The topological polar surface area (TPSA) is 282 Å². The van der Waals surface area contributed by atoms with Gasteiger partial charge in [-0.3, -0.25) is 33.2 Å². The predicted octanol–water partition coefficient (Wildman–Crippen LogP) is 9.97. The largest absolute Gasteiger partial charge is 0.480 e. The number of aliphatic carboxylic acids is 1. The SMILES string of the molecule is CCc1ccc(-c2ccc(Cl)c3c(N(C(=O)N(C)c4ncccc4CN(CC(=O)O)C(=O)OCOP(=O)(O)O)S(C)=O)nn(CC(F)(F)F)c23)c(C(Cc2cc(F)cc(F)c2)NC)n1.CS(=O)C(C)(C)C.O=CCn1nc(C(F)(F)F)c2c1C(F)(F)[C@@H]1C[C@H]21. The van der Waals surface area contributed by atoms with Crippen molar-refractivity contribution in [2.24, 2.45) is 5.92 Å². The zero-order chi connectivity index (χ0) is 66.6. The van der Waals surface area contributed by atoms with Crippen LogP contribution in [0.2, 0.25) is 5.02 Å². The number of pyridine rings is 2. The molecule has 36 heteroatoms. The first kappa shape index (κ1) is 71.1. The number of rotatable bonds is 19. The van der Waals surface area contributed by atoms with Gasteiger partial charge in [-0.05, 0) is 88.9 Å². The van der Waals surface area contributed by atoms with Crippen LogP contribution < -0.4 is 14.5 Å². The van der Waals surface area contributed by atoms with Crippen LogP contribution in [0.4, 0.5) is 65.1 Å². The summed E-state index contributed by atoms with van der Waals surface area (Å²) in [6.45, 7) is 2.46. The van der Waals surface area contributed by atoms with Crippen molar-refractivity contribution in [1.82, 2.24) is 39.7 Å². The fourth-order valence-corrected chi connectivity index (χ4v) is 10.4. The molecule has 0 spiro atoms. The number of carboxylic acids is 1. The smallest absolute Gasteiger partial charge is 0.472 e. The van der Waals surface area contributed by atoms with Crippen molar-refractivity contribution in [3.63, 3.8) is 0 Å². The monoisotopic (exact) mass is 1350 g/mol. The van der Waals surface area contributed by atoms with E-state index in [4.69, 9.17) is 26.4 Å². The Balaban J connectivity index is 0.000000413. The van der Waals surface area contributed by atoms with Crippen LogP contribution in [0, 0.1) is 17.6 Å². The van der Waals surface area contributed by atoms with E-state index in [-0.39, 0.29) is 73.6 Å². The molecule has 6 aromatic rings. The number of phosphoric ester groups is 1. The molecule has 5 atom stereocenters. The molecular formula is C53H58ClF10N10O12PS2. The number of nitrogens with one attached hydrogen (secondary N) is 1. The molecule has 0 saturated heterocycles. The van der Waals surface area contributed by atoms with Crippen LogP contribution in [-0.2, 0) is 89.8 Å². The molecule has 4 N–H and O–H groups in total. The molecule has 3 unspecified atom stereocenters. The molecule has 0 aliphatic heterocycles. The molecule has 1 fully saturated rings. The number of phosphoric acid groups is 1. The highest BCUT2D eigenvalue weighted by Gasteiger charge is 2.68. The van der Waals surface area contributed by atoms with E-state index < -0.39 is 151 Å². The number of hydrogen-bond acceptors (Lipinski definition) is 14. The van der Waals surface area contributed by atoms with E-state index in [0.29, 0.717) is 36.7 Å². The van der Waals surface area contributed by atoms with E-state index in [1.54, 1.807) is 25.4 Å². The standard InChI is InChI=1S/C38H39ClF5N8O10PS.C10H7F5N2O.C5H12OS/c1-5-25-8-9-26(32(47-25)29(45-2)15-21-13-23(40)16-24(41)14-21)27-10-11-28(39)31-33(27)51(19-38(42,43)44)48-35(31)52(64(4)60)36(55)49(3)34-22(7-6-12-46-34)17-50(18-30(53)54)37(56)61-20-62-63(57,58)59;11-9(12)5-3-4(5)6-7(10(13,14)15)16-17(1-2-18)8(6)9;1-5(2,3)7(4)6/h6-14,16,29,45H,5,15,17-20H2,1-4H3,(H,53,54)(H2,57,58,59);2,4-5H,1,3H2;1-4H3/t;4-,5+;/m.0./s1. The van der Waals surface area contributed by atoms with Crippen LogP contribution in [-0.4, -0.2) is 133 Å². The van der Waals surface area contributed by atoms with Gasteiger partial charge in [0.25, 0.3) is 5.92 Å². The summed E-state index contributed by atoms with van der Waals surface area (Å²) in [5, 5.41) is 19.4. The van der Waals surface area contributed by atoms with E-state index >= 15 is 0 Å². The minimum Gasteiger partial charge on any atom is -0.480 e. The van der Waals surface area contributed by atoms with Crippen molar-refractivity contribution < 1.29 is 100 Å². The average molecular weight is 1350 g/mol. The molecule has 4 heterocycles. The second-order valence-corrected chi connectivity index (χ2v) is 25.9. The second-order valence-electron chi connectivity index (χ2n) is 20.9. The van der Waals surface area contributed by atoms with Crippen LogP contribution >= 0.6 is 19.4 Å². The Morgan fingerprint density at radius 1 is 0.966 bits per heavy atom. The van der Waals surface area contributed by atoms with Crippen LogP contribution in [0.25, 0.3) is 22.0 Å². The van der Waals surface area contributed by atoms with E-state index in [9.17, 15) is 81.2 Å². The Bertz CT molecular complexity index is 3720. The molecule has 4 aromatic heterocycles. The highest BCUT2D eigenvalue weighted by molar-refractivity contribution is 7.86. The first-order valence-electron chi connectivity index (χ1n) is 26.1. The fraction of sp³-hybridized carbons (Fsp3) is 0.434. The normalized spacial score (nSPS) is 16.1. The number of fused-ring (bicyclic) bond motifs is 4. The number of anilines is 2. The highest BCUT2D eigenvalue weighted by Crippen LogP contribution is 2.68. The lowest BCUT2D eigenvalue weighted by Gasteiger charge is -2.27. The van der Waals surface area contributed by atoms with Gasteiger partial charge in [0.1, 0.15) is 53.5 Å². The molecule has 1 saturated carbocycles. The number of aryl methyl sites for hydroxylation is 1. The first-order valence-corrected chi connectivity index (χ1v) is 31.1. The number of halogens is 11. The summed E-state index contributed by atoms with van der Waals surface area (Å²) >= 11 is 6.74. The quantitative estimate of drug-likeness (QED) is 0.0254. The van der Waals surface area contributed by atoms with Crippen LogP contribution in [0.1, 0.15) is 85.5 Å². The van der Waals surface area contributed by atoms with Crippen LogP contribution in [0.15, 0.2) is 60.8 Å². The Morgan fingerprint density at radius 2 is 1.60 bits per heavy atom. The number of amides is 3. The molecule has 486 valence electrons. The molecule has 89 heavy (non-hydrogen) atoms. The third kappa shape index (κ3) is 17.3. The number of likely N-dealkylation sites (N-methyl/N-ethyl adjacent to an activating group) is 1. The maximum absolute atomic E-state index is 14.5. The number of benzene rings is 2. The number of alkyl halides is 8. The number of ether oxygens (including phenoxy) is 1. The molecule has 2 aliphatic rings. The van der Waals surface area contributed by atoms with Gasteiger partial charge in [-0.2, -0.15) is 49.6 Å². The molecular weight excluding hydrogens is 1290 g/mol. The molecule has 2 aromatic carbocycles. The van der Waals surface area contributed by atoms with Gasteiger partial charge < -0.3 is 29.7 Å². The van der Waals surface area contributed by atoms with Gasteiger partial charge in [-0.1, -0.05) is 36.7 Å². The lowest BCUT2D eigenvalue weighted by molar-refractivity contribution is -0.142. The van der Waals surface area contributed by atoms with Gasteiger partial charge in [-0.25, -0.2) is 36.7 Å². The van der Waals surface area contributed by atoms with Crippen molar-refractivity contribution in [2.45, 2.75) is 102 Å². The number of nitrogens with zero attached hydrogens (tertiary/aromatic N) is 9. The van der Waals surface area contributed by atoms with Crippen LogP contribution in [0.5, 0.6) is 0 Å². The third-order valence-electron chi connectivity index (χ3n) is 13.6. The Labute approximate surface area is 510 Å². The summed E-state index contributed by atoms with van der Waals surface area (Å²) in [7, 11) is -5.48. The fourth-order valence-electron chi connectivity index (χ4n) is 9.29. The molecule has 0 radical (unpaired) electrons. The maximum atomic E-state index is 14.5. The Morgan fingerprint density at radius 3 is 2.13 bits per heavy atom. The molecule has 3 amide bonds. The number of carboxylic acid groups (broad SMARTS) is 1. The molecule has 8 rings (SSSR count). The van der Waals surface area contributed by atoms with Crippen molar-refractivity contribution in [3.8, 4) is 11.1 Å². The first-order chi connectivity index (χ1) is 41.2. The van der Waals surface area contributed by atoms with Gasteiger partial charge in [-0.15, -0.1) is 0 Å². The summed E-state index contributed by atoms with van der Waals surface area (Å²) in [5.41, 5.74) is -1.26. The molecule has 22 nitrogen and oxygen atoms in total. The van der Waals surface area contributed by atoms with Gasteiger partial charge in [0.05, 0.1) is 40.8 Å². The highest BCUT2D eigenvalue weighted by atomic mass is 35.5. The van der Waals surface area contributed by atoms with Crippen molar-refractivity contribution in [1.29, 1.82) is 0 Å². The third-order valence-corrected chi connectivity index (χ3v) is 16.9. The average Bonchev–Trinajstić information content (AvgIpc) is 1.53. The van der Waals surface area contributed by atoms with Crippen LogP contribution in [0.3, 0.4) is 0 Å². The lowest BCUT2D eigenvalue weighted by atomic mass is 9.93. The van der Waals surface area contributed by atoms with Crippen molar-refractivity contribution in [2.75, 3.05) is 49.1 Å². The van der Waals surface area contributed by atoms with Crippen molar-refractivity contribution >= 4 is 88.1 Å². The molecule has 0 bridgehead atoms. The van der Waals surface area contributed by atoms with Gasteiger partial charge in [0.15, 0.2) is 11.5 Å². The van der Waals surface area contributed by atoms with Gasteiger partial charge >= 0.3 is 38.3 Å². The maximum Gasteiger partial charge on any atom is 0.472 e. The Hall–Kier alpha value is -6.94. The zero-order valence-corrected chi connectivity index (χ0v) is 51.5. The minimum atomic E-state index is -5.09. The van der Waals surface area contributed by atoms with Crippen molar-refractivity contribution in [3.05, 3.63) is 117 Å². The van der Waals surface area contributed by atoms with E-state index in [1.165, 1.54) is 30.5 Å². The number of aldehydes is 1. The zero-order valence-electron chi connectivity index (χ0n) is 48.2. The molecule has 2 aliphatic carbocycles. The Kier molecular flexibility index (Phi) is 22.4. The summed E-state index contributed by atoms with van der Waals surface area (Å²) in [6, 6.07) is 9.69. The van der Waals surface area contributed by atoms with E-state index in [2.05, 4.69) is 29.8 Å². The van der Waals surface area contributed by atoms with E-state index in [1.807, 2.05) is 27.7 Å². The van der Waals surface area contributed by atoms with Gasteiger partial charge in [0.2, 0.25) is 6.79 Å². The second kappa shape index (κ2) is 28.1. The number of urea groups is 1. The number of carbonyl (C=O) groups excluding carboxylic acids is 3. The summed E-state index contributed by atoms with van der Waals surface area (Å²) < 4.78 is 183. The van der Waals surface area contributed by atoms with E-state index in [0.717, 1.165) is 30.3 Å². The lowest BCUT2D eigenvalue weighted by Crippen LogP contribution is -2.43. The number of carbonyl (C=O) groups is 4. The summed E-state index contributed by atoms with van der Waals surface area (Å²) in [6.07, 6.45) is -6.39. The number of aromatic nitrogens is 6. The number of hydrogen-bond donors (Lipinski definition) is 4.